The van der Waals surface area contributed by atoms with Crippen LogP contribution in [0.5, 0.6) is 0 Å². The molecular weight excluding hydrogens is 152 g/mol. The number of carbonyl (C=O) groups excluding carboxylic acids is 1. The molecule has 0 aromatic heterocycles. The summed E-state index contributed by atoms with van der Waals surface area (Å²) in [5.41, 5.74) is 0. The SMILES string of the molecule is C=CCN(CC=C)CNC(C)=O. The normalized spacial score (nSPS) is 9.50. The zero-order chi connectivity index (χ0) is 9.40. The minimum absolute atomic E-state index is 0.0203. The summed E-state index contributed by atoms with van der Waals surface area (Å²) in [5, 5.41) is 2.71. The van der Waals surface area contributed by atoms with Crippen molar-refractivity contribution >= 4 is 5.91 Å². The number of rotatable bonds is 6. The molecule has 0 aromatic carbocycles. The number of nitrogens with one attached hydrogen (secondary N) is 1. The van der Waals surface area contributed by atoms with Gasteiger partial charge in [-0.1, -0.05) is 12.2 Å². The van der Waals surface area contributed by atoms with Gasteiger partial charge in [0.05, 0.1) is 6.67 Å². The summed E-state index contributed by atoms with van der Waals surface area (Å²) in [5.74, 6) is -0.0203. The van der Waals surface area contributed by atoms with E-state index in [4.69, 9.17) is 0 Å². The van der Waals surface area contributed by atoms with Crippen molar-refractivity contribution in [3.05, 3.63) is 25.3 Å². The van der Waals surface area contributed by atoms with Crippen molar-refractivity contribution in [2.24, 2.45) is 0 Å². The van der Waals surface area contributed by atoms with Crippen molar-refractivity contribution < 1.29 is 4.79 Å². The molecule has 0 aliphatic carbocycles. The molecular formula is C9H16N2O. The van der Waals surface area contributed by atoms with Crippen molar-refractivity contribution in [1.82, 2.24) is 10.2 Å². The van der Waals surface area contributed by atoms with E-state index in [1.807, 2.05) is 4.90 Å². The standard InChI is InChI=1S/C9H16N2O/c1-4-6-11(7-5-2)8-10-9(3)12/h4-5H,1-2,6-8H2,3H3,(H,10,12). The summed E-state index contributed by atoms with van der Waals surface area (Å²) >= 11 is 0. The maximum Gasteiger partial charge on any atom is 0.217 e. The van der Waals surface area contributed by atoms with Gasteiger partial charge in [0.25, 0.3) is 0 Å². The molecule has 12 heavy (non-hydrogen) atoms. The highest BCUT2D eigenvalue weighted by atomic mass is 16.1. The molecule has 3 heteroatoms. The number of amides is 1. The molecule has 0 unspecified atom stereocenters. The first-order chi connectivity index (χ1) is 5.70. The van der Waals surface area contributed by atoms with Crippen LogP contribution in [0.25, 0.3) is 0 Å². The van der Waals surface area contributed by atoms with Crippen molar-refractivity contribution in [1.29, 1.82) is 0 Å². The molecule has 0 saturated heterocycles. The Bertz CT molecular complexity index is 156. The highest BCUT2D eigenvalue weighted by Crippen LogP contribution is 1.85. The molecule has 0 aromatic rings. The molecule has 0 rings (SSSR count). The van der Waals surface area contributed by atoms with Crippen molar-refractivity contribution in [3.63, 3.8) is 0 Å². The fourth-order valence-electron chi connectivity index (χ4n) is 0.792. The van der Waals surface area contributed by atoms with Gasteiger partial charge in [-0.25, -0.2) is 0 Å². The molecule has 0 saturated carbocycles. The quantitative estimate of drug-likeness (QED) is 0.469. The van der Waals surface area contributed by atoms with Crippen LogP contribution in [0.1, 0.15) is 6.92 Å². The maximum atomic E-state index is 10.6. The average molecular weight is 168 g/mol. The third-order valence-electron chi connectivity index (χ3n) is 1.33. The molecule has 0 aliphatic rings. The second-order valence-corrected chi connectivity index (χ2v) is 2.50. The van der Waals surface area contributed by atoms with Gasteiger partial charge in [0.2, 0.25) is 5.91 Å². The number of hydrogen-bond donors (Lipinski definition) is 1. The molecule has 0 aliphatic heterocycles. The fourth-order valence-corrected chi connectivity index (χ4v) is 0.792. The van der Waals surface area contributed by atoms with Gasteiger partial charge in [-0.2, -0.15) is 0 Å². The Kier molecular flexibility index (Phi) is 6.01. The van der Waals surface area contributed by atoms with Crippen LogP contribution in [0.4, 0.5) is 0 Å². The van der Waals surface area contributed by atoms with E-state index in [1.54, 1.807) is 12.2 Å². The number of nitrogens with zero attached hydrogens (tertiary/aromatic N) is 1. The monoisotopic (exact) mass is 168 g/mol. The Morgan fingerprint density at radius 2 is 1.92 bits per heavy atom. The van der Waals surface area contributed by atoms with Gasteiger partial charge in [0.1, 0.15) is 0 Å². The van der Waals surface area contributed by atoms with Gasteiger partial charge in [-0.15, -0.1) is 13.2 Å². The molecule has 1 N–H and O–H groups in total. The molecule has 0 bridgehead atoms. The molecule has 0 heterocycles. The van der Waals surface area contributed by atoms with Crippen LogP contribution in [0.15, 0.2) is 25.3 Å². The molecule has 0 atom stereocenters. The maximum absolute atomic E-state index is 10.6. The fraction of sp³-hybridized carbons (Fsp3) is 0.444. The Balaban J connectivity index is 3.68. The van der Waals surface area contributed by atoms with Crippen LogP contribution in [0.3, 0.4) is 0 Å². The van der Waals surface area contributed by atoms with Crippen LogP contribution >= 0.6 is 0 Å². The topological polar surface area (TPSA) is 32.3 Å². The van der Waals surface area contributed by atoms with E-state index < -0.39 is 0 Å². The zero-order valence-corrected chi connectivity index (χ0v) is 7.55. The van der Waals surface area contributed by atoms with Crippen LogP contribution in [0, 0.1) is 0 Å². The number of hydrogen-bond acceptors (Lipinski definition) is 2. The summed E-state index contributed by atoms with van der Waals surface area (Å²) in [7, 11) is 0. The van der Waals surface area contributed by atoms with Gasteiger partial charge in [-0.05, 0) is 0 Å². The number of carbonyl (C=O) groups is 1. The lowest BCUT2D eigenvalue weighted by molar-refractivity contribution is -0.119. The predicted molar refractivity (Wildman–Crippen MR) is 50.7 cm³/mol. The third kappa shape index (κ3) is 5.68. The zero-order valence-electron chi connectivity index (χ0n) is 7.55. The van der Waals surface area contributed by atoms with E-state index in [2.05, 4.69) is 18.5 Å². The first-order valence-electron chi connectivity index (χ1n) is 3.89. The molecule has 0 radical (unpaired) electrons. The van der Waals surface area contributed by atoms with Crippen LogP contribution in [-0.4, -0.2) is 30.6 Å². The Morgan fingerprint density at radius 3 is 2.25 bits per heavy atom. The lowest BCUT2D eigenvalue weighted by Gasteiger charge is -2.18. The Labute approximate surface area is 73.8 Å². The first kappa shape index (κ1) is 10.9. The Morgan fingerprint density at radius 1 is 1.42 bits per heavy atom. The summed E-state index contributed by atoms with van der Waals surface area (Å²) in [6.45, 7) is 10.8. The third-order valence-corrected chi connectivity index (χ3v) is 1.33. The van der Waals surface area contributed by atoms with Crippen LogP contribution in [0.2, 0.25) is 0 Å². The largest absolute Gasteiger partial charge is 0.344 e. The van der Waals surface area contributed by atoms with E-state index in [0.29, 0.717) is 6.67 Å². The highest BCUT2D eigenvalue weighted by molar-refractivity contribution is 5.72. The average Bonchev–Trinajstić information content (AvgIpc) is 2.01. The molecule has 0 spiro atoms. The lowest BCUT2D eigenvalue weighted by atomic mass is 10.5. The molecule has 1 amide bonds. The minimum Gasteiger partial charge on any atom is -0.344 e. The van der Waals surface area contributed by atoms with Gasteiger partial charge < -0.3 is 5.32 Å². The van der Waals surface area contributed by atoms with Crippen molar-refractivity contribution in [3.8, 4) is 0 Å². The van der Waals surface area contributed by atoms with Crippen molar-refractivity contribution in [2.45, 2.75) is 6.92 Å². The summed E-state index contributed by atoms with van der Waals surface area (Å²) in [4.78, 5) is 12.6. The first-order valence-corrected chi connectivity index (χ1v) is 3.89. The smallest absolute Gasteiger partial charge is 0.217 e. The van der Waals surface area contributed by atoms with E-state index in [9.17, 15) is 4.79 Å². The van der Waals surface area contributed by atoms with Crippen LogP contribution < -0.4 is 5.32 Å². The second-order valence-electron chi connectivity index (χ2n) is 2.50. The minimum atomic E-state index is -0.0203. The van der Waals surface area contributed by atoms with Crippen LogP contribution in [-0.2, 0) is 4.79 Å². The van der Waals surface area contributed by atoms with Crippen molar-refractivity contribution in [2.75, 3.05) is 19.8 Å². The molecule has 0 fully saturated rings. The molecule has 3 nitrogen and oxygen atoms in total. The summed E-state index contributed by atoms with van der Waals surface area (Å²) in [6, 6.07) is 0. The van der Waals surface area contributed by atoms with E-state index in [0.717, 1.165) is 13.1 Å². The molecule has 68 valence electrons. The van der Waals surface area contributed by atoms with Gasteiger partial charge in [-0.3, -0.25) is 9.69 Å². The van der Waals surface area contributed by atoms with Gasteiger partial charge >= 0.3 is 0 Å². The second kappa shape index (κ2) is 6.61. The predicted octanol–water partition coefficient (Wildman–Crippen LogP) is 0.754. The van der Waals surface area contributed by atoms with Gasteiger partial charge in [0.15, 0.2) is 0 Å². The van der Waals surface area contributed by atoms with E-state index in [-0.39, 0.29) is 5.91 Å². The highest BCUT2D eigenvalue weighted by Gasteiger charge is 1.99. The van der Waals surface area contributed by atoms with Gasteiger partial charge in [0, 0.05) is 20.0 Å². The summed E-state index contributed by atoms with van der Waals surface area (Å²) in [6.07, 6.45) is 3.59. The lowest BCUT2D eigenvalue weighted by Crippen LogP contribution is -2.36. The van der Waals surface area contributed by atoms with E-state index in [1.165, 1.54) is 6.92 Å². The summed E-state index contributed by atoms with van der Waals surface area (Å²) < 4.78 is 0. The Hall–Kier alpha value is -1.09. The van der Waals surface area contributed by atoms with E-state index >= 15 is 0 Å².